The van der Waals surface area contributed by atoms with E-state index in [-0.39, 0.29) is 5.25 Å². The van der Waals surface area contributed by atoms with E-state index < -0.39 is 0 Å². The fourth-order valence-electron chi connectivity index (χ4n) is 2.26. The highest BCUT2D eigenvalue weighted by molar-refractivity contribution is 8.08. The third-order valence-electron chi connectivity index (χ3n) is 3.55. The van der Waals surface area contributed by atoms with Crippen molar-refractivity contribution >= 4 is 29.3 Å². The lowest BCUT2D eigenvalue weighted by molar-refractivity contribution is -0.117. The van der Waals surface area contributed by atoms with E-state index in [2.05, 4.69) is 25.9 Å². The summed E-state index contributed by atoms with van der Waals surface area (Å²) >= 11 is 3.77. The summed E-state index contributed by atoms with van der Waals surface area (Å²) in [5.74, 6) is 1.31. The minimum Gasteiger partial charge on any atom is -0.298 e. The number of hydrogen-bond donors (Lipinski definition) is 0. The van der Waals surface area contributed by atoms with Gasteiger partial charge in [0.15, 0.2) is 5.78 Å². The van der Waals surface area contributed by atoms with Crippen LogP contribution in [0.2, 0.25) is 0 Å². The molecule has 0 radical (unpaired) electrons. The van der Waals surface area contributed by atoms with Crippen molar-refractivity contribution in [3.63, 3.8) is 0 Å². The lowest BCUT2D eigenvalue weighted by atomic mass is 10.1. The monoisotopic (exact) mass is 298 g/mol. The first kappa shape index (κ1) is 15.0. The van der Waals surface area contributed by atoms with Crippen LogP contribution < -0.4 is 0 Å². The number of ketones is 1. The highest BCUT2D eigenvalue weighted by Gasteiger charge is 2.30. The van der Waals surface area contributed by atoms with Crippen molar-refractivity contribution in [3.05, 3.63) is 17.5 Å². The number of rotatable bonds is 4. The molecule has 0 N–H and O–H groups in total. The van der Waals surface area contributed by atoms with Crippen LogP contribution in [0, 0.1) is 6.92 Å². The lowest BCUT2D eigenvalue weighted by Gasteiger charge is -2.30. The van der Waals surface area contributed by atoms with Gasteiger partial charge in [-0.05, 0) is 19.9 Å². The number of thioether (sulfide) groups is 2. The van der Waals surface area contributed by atoms with Crippen LogP contribution in [0.25, 0.3) is 0 Å². The highest BCUT2D eigenvalue weighted by atomic mass is 32.2. The zero-order valence-electron chi connectivity index (χ0n) is 12.0. The van der Waals surface area contributed by atoms with Gasteiger partial charge in [-0.2, -0.15) is 16.9 Å². The van der Waals surface area contributed by atoms with Crippen molar-refractivity contribution in [2.24, 2.45) is 0 Å². The molecule has 2 rings (SSSR count). The smallest absolute Gasteiger partial charge is 0.152 e. The van der Waals surface area contributed by atoms with Gasteiger partial charge in [0.1, 0.15) is 0 Å². The van der Waals surface area contributed by atoms with Gasteiger partial charge in [-0.1, -0.05) is 13.8 Å². The Morgan fingerprint density at radius 1 is 1.47 bits per heavy atom. The van der Waals surface area contributed by atoms with Gasteiger partial charge in [0, 0.05) is 34.9 Å². The van der Waals surface area contributed by atoms with Crippen LogP contribution in [0.5, 0.6) is 0 Å². The van der Waals surface area contributed by atoms with E-state index in [1.165, 1.54) is 0 Å². The summed E-state index contributed by atoms with van der Waals surface area (Å²) < 4.78 is 1.94. The van der Waals surface area contributed by atoms with Crippen molar-refractivity contribution in [3.8, 4) is 0 Å². The van der Waals surface area contributed by atoms with E-state index in [4.69, 9.17) is 0 Å². The van der Waals surface area contributed by atoms with Crippen LogP contribution in [0.4, 0.5) is 0 Å². The fraction of sp³-hybridized carbons (Fsp3) is 0.714. The van der Waals surface area contributed by atoms with Crippen LogP contribution >= 0.6 is 23.5 Å². The van der Waals surface area contributed by atoms with Crippen molar-refractivity contribution in [1.29, 1.82) is 0 Å². The molecule has 0 saturated carbocycles. The number of aromatic nitrogens is 2. The largest absolute Gasteiger partial charge is 0.298 e. The van der Waals surface area contributed by atoms with Crippen molar-refractivity contribution in [1.82, 2.24) is 9.78 Å². The molecule has 1 aliphatic heterocycles. The van der Waals surface area contributed by atoms with E-state index >= 15 is 0 Å². The molecule has 3 atom stereocenters. The van der Waals surface area contributed by atoms with E-state index in [0.29, 0.717) is 22.7 Å². The second kappa shape index (κ2) is 6.35. The van der Waals surface area contributed by atoms with Gasteiger partial charge >= 0.3 is 0 Å². The van der Waals surface area contributed by atoms with E-state index in [0.717, 1.165) is 23.7 Å². The molecule has 5 heteroatoms. The first-order valence-electron chi connectivity index (χ1n) is 6.84. The molecule has 106 valence electrons. The fourth-order valence-corrected chi connectivity index (χ4v) is 5.15. The molecule has 2 heterocycles. The Balaban J connectivity index is 2.01. The Labute approximate surface area is 123 Å². The van der Waals surface area contributed by atoms with Gasteiger partial charge in [0.2, 0.25) is 0 Å². The average Bonchev–Trinajstić information content (AvgIpc) is 2.72. The lowest BCUT2D eigenvalue weighted by Crippen LogP contribution is -2.32. The van der Waals surface area contributed by atoms with E-state index in [1.54, 1.807) is 0 Å². The number of aryl methyl sites for hydroxylation is 2. The zero-order valence-corrected chi connectivity index (χ0v) is 13.7. The summed E-state index contributed by atoms with van der Waals surface area (Å²) in [7, 11) is 0. The predicted octanol–water partition coefficient (Wildman–Crippen LogP) is 2.95. The van der Waals surface area contributed by atoms with Crippen LogP contribution in [0.15, 0.2) is 6.07 Å². The average molecular weight is 298 g/mol. The van der Waals surface area contributed by atoms with Gasteiger partial charge < -0.3 is 0 Å². The molecule has 1 fully saturated rings. The normalized spacial score (nSPS) is 27.5. The third-order valence-corrected chi connectivity index (χ3v) is 6.99. The molecule has 3 unspecified atom stereocenters. The number of Topliss-reactive ketones (excluding diaryl/α,β-unsaturated/α-hetero) is 1. The summed E-state index contributed by atoms with van der Waals surface area (Å²) in [4.78, 5) is 12.4. The summed E-state index contributed by atoms with van der Waals surface area (Å²) in [6, 6.07) is 2.04. The van der Waals surface area contributed by atoms with Gasteiger partial charge in [0.05, 0.1) is 10.9 Å². The maximum absolute atomic E-state index is 12.4. The van der Waals surface area contributed by atoms with Gasteiger partial charge in [-0.15, -0.1) is 11.8 Å². The zero-order chi connectivity index (χ0) is 14.0. The molecule has 0 aliphatic carbocycles. The molecule has 1 aliphatic rings. The molecule has 3 nitrogen and oxygen atoms in total. The molecular weight excluding hydrogens is 276 g/mol. The molecular formula is C14H22N2OS2. The van der Waals surface area contributed by atoms with Crippen molar-refractivity contribution in [2.45, 2.75) is 56.4 Å². The first-order valence-corrected chi connectivity index (χ1v) is 8.83. The first-order chi connectivity index (χ1) is 9.01. The summed E-state index contributed by atoms with van der Waals surface area (Å²) in [6.45, 7) is 9.35. The van der Waals surface area contributed by atoms with E-state index in [1.807, 2.05) is 41.2 Å². The van der Waals surface area contributed by atoms with Gasteiger partial charge in [0.25, 0.3) is 0 Å². The molecule has 1 saturated heterocycles. The van der Waals surface area contributed by atoms with Crippen LogP contribution in [0.3, 0.4) is 0 Å². The quantitative estimate of drug-likeness (QED) is 0.856. The van der Waals surface area contributed by atoms with Crippen molar-refractivity contribution < 1.29 is 4.79 Å². The highest BCUT2D eigenvalue weighted by Crippen LogP contribution is 2.36. The summed E-state index contributed by atoms with van der Waals surface area (Å²) in [6.07, 6.45) is 0.522. The predicted molar refractivity (Wildman–Crippen MR) is 84.1 cm³/mol. The molecule has 19 heavy (non-hydrogen) atoms. The molecule has 0 aromatic carbocycles. The number of carbonyl (C=O) groups excluding carboxylic acids is 1. The number of nitrogens with zero attached hydrogens (tertiary/aromatic N) is 2. The minimum absolute atomic E-state index is 0.150. The van der Waals surface area contributed by atoms with Crippen molar-refractivity contribution in [2.75, 3.05) is 5.75 Å². The SMILES string of the molecule is CCn1nc(C)cc1CC(=O)C1CSC(C)C(C)S1. The Morgan fingerprint density at radius 2 is 2.21 bits per heavy atom. The molecule has 1 aromatic rings. The van der Waals surface area contributed by atoms with Crippen LogP contribution in [0.1, 0.15) is 32.2 Å². The topological polar surface area (TPSA) is 34.9 Å². The summed E-state index contributed by atoms with van der Waals surface area (Å²) in [5.41, 5.74) is 2.05. The minimum atomic E-state index is 0.150. The Bertz CT molecular complexity index is 458. The van der Waals surface area contributed by atoms with Gasteiger partial charge in [-0.25, -0.2) is 0 Å². The van der Waals surface area contributed by atoms with Crippen LogP contribution in [-0.2, 0) is 17.8 Å². The van der Waals surface area contributed by atoms with Gasteiger partial charge in [-0.3, -0.25) is 9.48 Å². The standard InChI is InChI=1S/C14H22N2OS2/c1-5-16-12(6-9(2)15-16)7-13(17)14-8-18-10(3)11(4)19-14/h6,10-11,14H,5,7-8H2,1-4H3. The second-order valence-electron chi connectivity index (χ2n) is 5.10. The number of hydrogen-bond acceptors (Lipinski definition) is 4. The molecule has 1 aromatic heterocycles. The summed E-state index contributed by atoms with van der Waals surface area (Å²) in [5, 5.41) is 5.77. The van der Waals surface area contributed by atoms with E-state index in [9.17, 15) is 4.79 Å². The molecule has 0 bridgehead atoms. The molecule has 0 amide bonds. The number of carbonyl (C=O) groups is 1. The van der Waals surface area contributed by atoms with Crippen LogP contribution in [-0.4, -0.2) is 37.1 Å². The third kappa shape index (κ3) is 3.57. The maximum atomic E-state index is 12.4. The molecule has 0 spiro atoms. The Kier molecular flexibility index (Phi) is 5.01. The Morgan fingerprint density at radius 3 is 2.84 bits per heavy atom. The maximum Gasteiger partial charge on any atom is 0.152 e. The second-order valence-corrected chi connectivity index (χ2v) is 8.10. The Hall–Kier alpha value is -0.420.